The van der Waals surface area contributed by atoms with E-state index in [1.807, 2.05) is 0 Å². The summed E-state index contributed by atoms with van der Waals surface area (Å²) in [5, 5.41) is 7.68. The molecule has 24 heavy (non-hydrogen) atoms. The Kier molecular flexibility index (Phi) is 4.35. The van der Waals surface area contributed by atoms with Gasteiger partial charge in [-0.1, -0.05) is 32.6 Å². The summed E-state index contributed by atoms with van der Waals surface area (Å²) in [5.74, 6) is 2.98. The van der Waals surface area contributed by atoms with Crippen molar-refractivity contribution in [3.05, 3.63) is 11.6 Å². The van der Waals surface area contributed by atoms with Gasteiger partial charge >= 0.3 is 0 Å². The first-order valence-corrected chi connectivity index (χ1v) is 9.92. The van der Waals surface area contributed by atoms with Crippen LogP contribution in [0.5, 0.6) is 0 Å². The standard InChI is InChI=1S/C19H30N4O/c1-2-7-16-20-17(22-21-16)15-12-23(13-19(15)10-5-6-11-19)18(24)14-8-3-4-9-14/h14-15H,2-13H2,1H3,(H,20,21,22). The number of rotatable bonds is 4. The number of hydrogen-bond donors (Lipinski definition) is 1. The van der Waals surface area contributed by atoms with Crippen LogP contribution in [-0.4, -0.2) is 39.1 Å². The Hall–Kier alpha value is -1.39. The molecule has 1 spiro atoms. The molecule has 5 nitrogen and oxygen atoms in total. The first-order chi connectivity index (χ1) is 11.7. The summed E-state index contributed by atoms with van der Waals surface area (Å²) < 4.78 is 0. The van der Waals surface area contributed by atoms with E-state index in [0.717, 1.165) is 50.4 Å². The van der Waals surface area contributed by atoms with E-state index in [1.165, 1.54) is 38.5 Å². The summed E-state index contributed by atoms with van der Waals surface area (Å²) in [5.41, 5.74) is 0.236. The largest absolute Gasteiger partial charge is 0.341 e. The van der Waals surface area contributed by atoms with Crippen molar-refractivity contribution < 1.29 is 4.79 Å². The number of hydrogen-bond acceptors (Lipinski definition) is 3. The average Bonchev–Trinajstić information content (AvgIpc) is 3.36. The molecule has 1 N–H and O–H groups in total. The molecule has 5 heteroatoms. The average molecular weight is 330 g/mol. The lowest BCUT2D eigenvalue weighted by molar-refractivity contribution is -0.134. The van der Waals surface area contributed by atoms with Gasteiger partial charge in [-0.25, -0.2) is 4.98 Å². The number of aromatic nitrogens is 3. The summed E-state index contributed by atoms with van der Waals surface area (Å²) in [7, 11) is 0. The quantitative estimate of drug-likeness (QED) is 0.920. The van der Waals surface area contributed by atoms with E-state index in [4.69, 9.17) is 4.98 Å². The van der Waals surface area contributed by atoms with Crippen LogP contribution in [0.4, 0.5) is 0 Å². The van der Waals surface area contributed by atoms with Crippen LogP contribution in [-0.2, 0) is 11.2 Å². The number of nitrogens with zero attached hydrogens (tertiary/aromatic N) is 3. The number of carbonyl (C=O) groups excluding carboxylic acids is 1. The van der Waals surface area contributed by atoms with Gasteiger partial charge in [-0.2, -0.15) is 5.10 Å². The molecule has 1 aromatic rings. The Morgan fingerprint density at radius 1 is 1.25 bits per heavy atom. The Bertz CT molecular complexity index is 584. The molecule has 1 aliphatic heterocycles. The number of aromatic amines is 1. The van der Waals surface area contributed by atoms with E-state index in [0.29, 0.717) is 11.8 Å². The van der Waals surface area contributed by atoms with E-state index in [9.17, 15) is 4.79 Å². The molecule has 1 atom stereocenters. The van der Waals surface area contributed by atoms with Crippen molar-refractivity contribution in [2.24, 2.45) is 11.3 Å². The molecule has 2 saturated carbocycles. The molecule has 2 aliphatic carbocycles. The third-order valence-corrected chi connectivity index (χ3v) is 6.61. The second-order valence-corrected chi connectivity index (χ2v) is 8.21. The summed E-state index contributed by atoms with van der Waals surface area (Å²) in [6, 6.07) is 0. The fraction of sp³-hybridized carbons (Fsp3) is 0.842. The molecule has 1 unspecified atom stereocenters. The molecule has 4 rings (SSSR count). The minimum absolute atomic E-state index is 0.236. The zero-order valence-corrected chi connectivity index (χ0v) is 14.9. The molecule has 2 heterocycles. The van der Waals surface area contributed by atoms with Crippen molar-refractivity contribution >= 4 is 5.91 Å². The van der Waals surface area contributed by atoms with Crippen LogP contribution in [0.25, 0.3) is 0 Å². The van der Waals surface area contributed by atoms with Gasteiger partial charge in [0.15, 0.2) is 5.82 Å². The number of amides is 1. The molecule has 3 aliphatic rings. The summed E-state index contributed by atoms with van der Waals surface area (Å²) >= 11 is 0. The molecule has 3 fully saturated rings. The Labute approximate surface area is 144 Å². The molecule has 0 aromatic carbocycles. The number of likely N-dealkylation sites (tertiary alicyclic amines) is 1. The number of aryl methyl sites for hydroxylation is 1. The van der Waals surface area contributed by atoms with E-state index in [-0.39, 0.29) is 11.3 Å². The summed E-state index contributed by atoms with van der Waals surface area (Å²) in [6.07, 6.45) is 11.7. The molecular formula is C19H30N4O. The highest BCUT2D eigenvalue weighted by Gasteiger charge is 2.52. The van der Waals surface area contributed by atoms with E-state index in [1.54, 1.807) is 0 Å². The lowest BCUT2D eigenvalue weighted by Gasteiger charge is -2.28. The minimum Gasteiger partial charge on any atom is -0.341 e. The topological polar surface area (TPSA) is 61.9 Å². The molecule has 1 saturated heterocycles. The van der Waals surface area contributed by atoms with E-state index in [2.05, 4.69) is 22.0 Å². The lowest BCUT2D eigenvalue weighted by Crippen LogP contribution is -2.35. The van der Waals surface area contributed by atoms with Crippen molar-refractivity contribution in [1.29, 1.82) is 0 Å². The SMILES string of the molecule is CCCc1nc(C2CN(C(=O)C3CCCC3)CC23CCCC3)n[nH]1. The third-order valence-electron chi connectivity index (χ3n) is 6.61. The van der Waals surface area contributed by atoms with E-state index >= 15 is 0 Å². The molecule has 132 valence electrons. The molecule has 1 aromatic heterocycles. The molecule has 0 bridgehead atoms. The van der Waals surface area contributed by atoms with Crippen LogP contribution in [0.2, 0.25) is 0 Å². The van der Waals surface area contributed by atoms with Gasteiger partial charge in [0.2, 0.25) is 5.91 Å². The highest BCUT2D eigenvalue weighted by atomic mass is 16.2. The Morgan fingerprint density at radius 3 is 2.71 bits per heavy atom. The number of carbonyl (C=O) groups is 1. The molecule has 0 radical (unpaired) electrons. The summed E-state index contributed by atoms with van der Waals surface area (Å²) in [4.78, 5) is 19.9. The van der Waals surface area contributed by atoms with Gasteiger partial charge in [-0.15, -0.1) is 0 Å². The van der Waals surface area contributed by atoms with Crippen molar-refractivity contribution in [1.82, 2.24) is 20.1 Å². The second-order valence-electron chi connectivity index (χ2n) is 8.21. The maximum Gasteiger partial charge on any atom is 0.225 e. The second kappa shape index (κ2) is 6.49. The van der Waals surface area contributed by atoms with Gasteiger partial charge in [-0.3, -0.25) is 9.89 Å². The minimum atomic E-state index is 0.236. The Morgan fingerprint density at radius 2 is 2.00 bits per heavy atom. The van der Waals surface area contributed by atoms with Gasteiger partial charge in [-0.05, 0) is 37.5 Å². The van der Waals surface area contributed by atoms with Gasteiger partial charge in [0.1, 0.15) is 5.82 Å². The van der Waals surface area contributed by atoms with Crippen LogP contribution in [0.1, 0.15) is 82.3 Å². The van der Waals surface area contributed by atoms with Gasteiger partial charge < -0.3 is 4.90 Å². The number of H-pyrrole nitrogens is 1. The fourth-order valence-electron chi connectivity index (χ4n) is 5.32. The molecule has 1 amide bonds. The Balaban J connectivity index is 1.55. The maximum atomic E-state index is 12.9. The van der Waals surface area contributed by atoms with Crippen LogP contribution in [0.15, 0.2) is 0 Å². The zero-order valence-electron chi connectivity index (χ0n) is 14.9. The first kappa shape index (κ1) is 16.1. The fourth-order valence-corrected chi connectivity index (χ4v) is 5.32. The first-order valence-electron chi connectivity index (χ1n) is 9.92. The van der Waals surface area contributed by atoms with Crippen LogP contribution < -0.4 is 0 Å². The van der Waals surface area contributed by atoms with Crippen LogP contribution >= 0.6 is 0 Å². The predicted molar refractivity (Wildman–Crippen MR) is 92.6 cm³/mol. The van der Waals surface area contributed by atoms with Crippen molar-refractivity contribution in [2.75, 3.05) is 13.1 Å². The zero-order chi connectivity index (χ0) is 16.6. The molecular weight excluding hydrogens is 300 g/mol. The van der Waals surface area contributed by atoms with Crippen molar-refractivity contribution in [2.45, 2.75) is 77.0 Å². The van der Waals surface area contributed by atoms with Gasteiger partial charge in [0.25, 0.3) is 0 Å². The van der Waals surface area contributed by atoms with Gasteiger partial charge in [0, 0.05) is 31.3 Å². The number of nitrogens with one attached hydrogen (secondary N) is 1. The monoisotopic (exact) mass is 330 g/mol. The lowest BCUT2D eigenvalue weighted by atomic mass is 9.76. The van der Waals surface area contributed by atoms with Crippen LogP contribution in [0, 0.1) is 11.3 Å². The van der Waals surface area contributed by atoms with Crippen molar-refractivity contribution in [3.8, 4) is 0 Å². The third kappa shape index (κ3) is 2.76. The highest BCUT2D eigenvalue weighted by Crippen LogP contribution is 2.53. The van der Waals surface area contributed by atoms with Gasteiger partial charge in [0.05, 0.1) is 0 Å². The van der Waals surface area contributed by atoms with Crippen molar-refractivity contribution in [3.63, 3.8) is 0 Å². The maximum absolute atomic E-state index is 12.9. The predicted octanol–water partition coefficient (Wildman–Crippen LogP) is 3.43. The van der Waals surface area contributed by atoms with Crippen LogP contribution in [0.3, 0.4) is 0 Å². The van der Waals surface area contributed by atoms with E-state index < -0.39 is 0 Å². The normalized spacial score (nSPS) is 26.7. The smallest absolute Gasteiger partial charge is 0.225 e. The summed E-state index contributed by atoms with van der Waals surface area (Å²) in [6.45, 7) is 3.93. The highest BCUT2D eigenvalue weighted by molar-refractivity contribution is 5.79.